The van der Waals surface area contributed by atoms with Crippen molar-refractivity contribution in [3.63, 3.8) is 0 Å². The smallest absolute Gasteiger partial charge is 0.306 e. The highest BCUT2D eigenvalue weighted by molar-refractivity contribution is 5.71. The van der Waals surface area contributed by atoms with E-state index < -0.39 is 6.10 Å². The van der Waals surface area contributed by atoms with Gasteiger partial charge in [0.15, 0.2) is 6.10 Å². The number of hydrogen-bond acceptors (Lipinski definition) is 6. The maximum atomic E-state index is 12.9. The summed E-state index contributed by atoms with van der Waals surface area (Å²) in [4.78, 5) is 38.3. The number of esters is 3. The number of hydrogen-bond donors (Lipinski definition) is 0. The largest absolute Gasteiger partial charge is 0.462 e. The third-order valence-electron chi connectivity index (χ3n) is 13.0. The summed E-state index contributed by atoms with van der Waals surface area (Å²) < 4.78 is 16.8. The van der Waals surface area contributed by atoms with Gasteiger partial charge in [-0.1, -0.05) is 269 Å². The topological polar surface area (TPSA) is 78.9 Å². The molecule has 0 spiro atoms. The first kappa shape index (κ1) is 74.0. The van der Waals surface area contributed by atoms with Crippen LogP contribution in [0.4, 0.5) is 0 Å². The van der Waals surface area contributed by atoms with Crippen molar-refractivity contribution in [2.75, 3.05) is 13.2 Å². The average molecular weight is 1090 g/mol. The first-order valence-corrected chi connectivity index (χ1v) is 32.0. The predicted octanol–water partition coefficient (Wildman–Crippen LogP) is 22.1. The molecule has 0 aromatic carbocycles. The number of unbranched alkanes of at least 4 members (excludes halogenated alkanes) is 19. The van der Waals surface area contributed by atoms with Crippen molar-refractivity contribution in [2.45, 2.75) is 271 Å². The molecule has 0 amide bonds. The molecule has 0 saturated carbocycles. The molecule has 0 radical (unpaired) electrons. The maximum absolute atomic E-state index is 12.9. The molecule has 0 aromatic rings. The lowest BCUT2D eigenvalue weighted by Crippen LogP contribution is -2.30. The summed E-state index contributed by atoms with van der Waals surface area (Å²) in [7, 11) is 0. The molecule has 1 atom stereocenters. The van der Waals surface area contributed by atoms with Gasteiger partial charge in [0.2, 0.25) is 0 Å². The van der Waals surface area contributed by atoms with E-state index in [1.54, 1.807) is 0 Å². The van der Waals surface area contributed by atoms with Crippen LogP contribution in [0.3, 0.4) is 0 Å². The van der Waals surface area contributed by atoms with Crippen LogP contribution in [0.5, 0.6) is 0 Å². The van der Waals surface area contributed by atoms with Gasteiger partial charge in [0.25, 0.3) is 0 Å². The Morgan fingerprint density at radius 2 is 0.506 bits per heavy atom. The van der Waals surface area contributed by atoms with Crippen molar-refractivity contribution >= 4 is 17.9 Å². The molecule has 0 heterocycles. The second-order valence-electron chi connectivity index (χ2n) is 20.5. The standard InChI is InChI=1S/C73H116O6/c1-4-7-10-13-16-19-22-25-28-31-33-35-36-38-39-42-45-48-51-54-57-60-63-66-72(75)78-69-70(68-77-71(74)65-62-59-56-53-50-47-44-41-30-27-24-21-18-15-12-9-6-3)79-73(76)67-64-61-58-55-52-49-46-43-40-37-34-32-29-26-23-20-17-14-11-8-5-2/h7,9-10,12,16,18-19,21,25,27-28,30,32-35,38-39,44-45,47-48,53-54,56-57,70H,4-6,8,11,13-15,17,20,22-24,26,29,31,36-37,40-43,46,49-52,55,58-69H2,1-3H3/b10-7-,12-9-,19-16-,21-18-,28-25-,30-27-,34-32-,35-33-,39-38-,47-44-,48-45-,56-53-,57-54-. The van der Waals surface area contributed by atoms with Crippen LogP contribution in [0.25, 0.3) is 0 Å². The van der Waals surface area contributed by atoms with Gasteiger partial charge in [-0.15, -0.1) is 0 Å². The Morgan fingerprint density at radius 3 is 0.823 bits per heavy atom. The van der Waals surface area contributed by atoms with E-state index in [1.165, 1.54) is 103 Å². The summed E-state index contributed by atoms with van der Waals surface area (Å²) in [5.74, 6) is -1.05. The second-order valence-corrected chi connectivity index (χ2v) is 20.5. The molecule has 0 N–H and O–H groups in total. The van der Waals surface area contributed by atoms with E-state index in [2.05, 4.69) is 179 Å². The van der Waals surface area contributed by atoms with Crippen molar-refractivity contribution in [1.29, 1.82) is 0 Å². The fourth-order valence-electron chi connectivity index (χ4n) is 8.29. The summed E-state index contributed by atoms with van der Waals surface area (Å²) in [6, 6.07) is 0. The molecule has 79 heavy (non-hydrogen) atoms. The van der Waals surface area contributed by atoms with Crippen LogP contribution in [-0.4, -0.2) is 37.2 Å². The fourth-order valence-corrected chi connectivity index (χ4v) is 8.29. The van der Waals surface area contributed by atoms with Crippen LogP contribution >= 0.6 is 0 Å². The van der Waals surface area contributed by atoms with Crippen LogP contribution in [0.2, 0.25) is 0 Å². The Morgan fingerprint density at radius 1 is 0.266 bits per heavy atom. The Hall–Kier alpha value is -4.97. The molecule has 0 aliphatic rings. The van der Waals surface area contributed by atoms with Gasteiger partial charge in [-0.3, -0.25) is 14.4 Å². The van der Waals surface area contributed by atoms with Gasteiger partial charge in [0, 0.05) is 19.3 Å². The number of rotatable bonds is 56. The van der Waals surface area contributed by atoms with Crippen molar-refractivity contribution in [2.24, 2.45) is 0 Å². The van der Waals surface area contributed by atoms with E-state index >= 15 is 0 Å². The summed E-state index contributed by atoms with van der Waals surface area (Å²) in [6.45, 7) is 6.32. The van der Waals surface area contributed by atoms with E-state index in [-0.39, 0.29) is 44.0 Å². The van der Waals surface area contributed by atoms with Crippen LogP contribution < -0.4 is 0 Å². The molecule has 0 fully saturated rings. The summed E-state index contributed by atoms with van der Waals surface area (Å²) in [5, 5.41) is 0. The molecule has 0 rings (SSSR count). The molecule has 6 heteroatoms. The molecular formula is C73H116O6. The number of carbonyl (C=O) groups is 3. The van der Waals surface area contributed by atoms with E-state index in [9.17, 15) is 14.4 Å². The summed E-state index contributed by atoms with van der Waals surface area (Å²) >= 11 is 0. The number of allylic oxidation sites excluding steroid dienone is 26. The second kappa shape index (κ2) is 65.5. The predicted molar refractivity (Wildman–Crippen MR) is 343 cm³/mol. The highest BCUT2D eigenvalue weighted by Crippen LogP contribution is 2.14. The van der Waals surface area contributed by atoms with Gasteiger partial charge >= 0.3 is 17.9 Å². The quantitative estimate of drug-likeness (QED) is 0.0261. The molecule has 0 aliphatic carbocycles. The summed E-state index contributed by atoms with van der Waals surface area (Å²) in [6.07, 6.45) is 95.4. The molecule has 6 nitrogen and oxygen atoms in total. The Balaban J connectivity index is 4.57. The Kier molecular flexibility index (Phi) is 61.4. The van der Waals surface area contributed by atoms with Gasteiger partial charge in [0.05, 0.1) is 0 Å². The normalized spacial score (nSPS) is 13.2. The molecular weight excluding hydrogens is 973 g/mol. The molecule has 1 unspecified atom stereocenters. The van der Waals surface area contributed by atoms with E-state index in [4.69, 9.17) is 14.2 Å². The number of carbonyl (C=O) groups excluding carboxylic acids is 3. The van der Waals surface area contributed by atoms with Gasteiger partial charge in [-0.2, -0.15) is 0 Å². The van der Waals surface area contributed by atoms with E-state index in [1.807, 2.05) is 0 Å². The van der Waals surface area contributed by atoms with Crippen LogP contribution in [0.1, 0.15) is 265 Å². The van der Waals surface area contributed by atoms with Crippen LogP contribution in [-0.2, 0) is 28.6 Å². The SMILES string of the molecule is CC/C=C\C/C=C\C/C=C\C/C=C\C/C=C\C/C=C\C/C=C\CCCC(=O)OCC(COC(=O)CCC/C=C\C/C=C\C/C=C\C/C=C\C/C=C\CC)OC(=O)CCCCCCCCCCC/C=C\CCCCCCCCCC. The molecule has 0 aliphatic heterocycles. The Labute approximate surface area is 486 Å². The zero-order valence-electron chi connectivity index (χ0n) is 50.8. The first-order chi connectivity index (χ1) is 39.0. The fraction of sp³-hybridized carbons (Fsp3) is 0.603. The van der Waals surface area contributed by atoms with Crippen LogP contribution in [0.15, 0.2) is 158 Å². The van der Waals surface area contributed by atoms with Crippen molar-refractivity contribution < 1.29 is 28.6 Å². The molecule has 444 valence electrons. The highest BCUT2D eigenvalue weighted by Gasteiger charge is 2.19. The van der Waals surface area contributed by atoms with Crippen molar-refractivity contribution in [3.8, 4) is 0 Å². The summed E-state index contributed by atoms with van der Waals surface area (Å²) in [5.41, 5.74) is 0. The first-order valence-electron chi connectivity index (χ1n) is 32.0. The van der Waals surface area contributed by atoms with Crippen LogP contribution in [0, 0.1) is 0 Å². The van der Waals surface area contributed by atoms with Crippen molar-refractivity contribution in [1.82, 2.24) is 0 Å². The lowest BCUT2D eigenvalue weighted by atomic mass is 10.1. The van der Waals surface area contributed by atoms with E-state index in [0.29, 0.717) is 19.3 Å². The zero-order valence-corrected chi connectivity index (χ0v) is 50.8. The van der Waals surface area contributed by atoms with Gasteiger partial charge in [0.1, 0.15) is 13.2 Å². The minimum Gasteiger partial charge on any atom is -0.462 e. The zero-order chi connectivity index (χ0) is 57.1. The third-order valence-corrected chi connectivity index (χ3v) is 13.0. The highest BCUT2D eigenvalue weighted by atomic mass is 16.6. The monoisotopic (exact) mass is 1090 g/mol. The maximum Gasteiger partial charge on any atom is 0.306 e. The van der Waals surface area contributed by atoms with Gasteiger partial charge in [-0.25, -0.2) is 0 Å². The average Bonchev–Trinajstić information content (AvgIpc) is 3.45. The Bertz CT molecular complexity index is 1780. The lowest BCUT2D eigenvalue weighted by Gasteiger charge is -2.18. The molecule has 0 aromatic heterocycles. The lowest BCUT2D eigenvalue weighted by molar-refractivity contribution is -0.167. The molecule has 0 bridgehead atoms. The van der Waals surface area contributed by atoms with Gasteiger partial charge < -0.3 is 14.2 Å². The van der Waals surface area contributed by atoms with E-state index in [0.717, 1.165) is 109 Å². The van der Waals surface area contributed by atoms with Gasteiger partial charge in [-0.05, 0) is 135 Å². The number of ether oxygens (including phenoxy) is 3. The van der Waals surface area contributed by atoms with Crippen molar-refractivity contribution in [3.05, 3.63) is 158 Å². The molecule has 0 saturated heterocycles. The third kappa shape index (κ3) is 63.7. The minimum absolute atomic E-state index is 0.132. The minimum atomic E-state index is -0.835.